The van der Waals surface area contributed by atoms with E-state index < -0.39 is 24.3 Å². The number of halogens is 5. The van der Waals surface area contributed by atoms with Crippen molar-refractivity contribution in [3.63, 3.8) is 0 Å². The fourth-order valence-corrected chi connectivity index (χ4v) is 4.99. The number of ether oxygens (including phenoxy) is 4. The van der Waals surface area contributed by atoms with Crippen LogP contribution in [0.25, 0.3) is 0 Å². The van der Waals surface area contributed by atoms with E-state index in [9.17, 15) is 9.59 Å². The lowest BCUT2D eigenvalue weighted by atomic mass is 10.1. The van der Waals surface area contributed by atoms with Gasteiger partial charge < -0.3 is 30.0 Å². The normalized spacial score (nSPS) is 13.7. The fourth-order valence-electron chi connectivity index (χ4n) is 3.79. The number of nitrogens with two attached hydrogens (primary N) is 1. The Morgan fingerprint density at radius 1 is 0.737 bits per heavy atom. The highest BCUT2D eigenvalue weighted by Gasteiger charge is 2.38. The van der Waals surface area contributed by atoms with Gasteiger partial charge in [0.15, 0.2) is 11.9 Å². The van der Waals surface area contributed by atoms with Gasteiger partial charge in [-0.25, -0.2) is 4.79 Å². The van der Waals surface area contributed by atoms with Gasteiger partial charge in [-0.2, -0.15) is 0 Å². The lowest BCUT2D eigenvalue weighted by Crippen LogP contribution is -2.51. The molecule has 3 N–H and O–H groups in total. The number of methoxy groups -OCH3 is 3. The number of carbonyl (C=O) groups is 2. The maximum absolute atomic E-state index is 13.0. The van der Waals surface area contributed by atoms with Crippen LogP contribution < -0.4 is 15.8 Å². The monoisotopic (exact) mass is 636 g/mol. The molecule has 13 heteroatoms. The molecule has 0 aliphatic rings. The van der Waals surface area contributed by atoms with Crippen molar-refractivity contribution >= 4 is 69.9 Å². The van der Waals surface area contributed by atoms with Gasteiger partial charge in [-0.1, -0.05) is 96.5 Å². The standard InChI is InChI=1S/C25H37Cl5N2O6/c1-35-15(14-32-16(33)12-10-8-6-4-5-7-9-11-13-31)22(36-2)24(37-3)25(34)38-23-20(29)18(27)17(26)19(28)21(23)30/h15,22,24H,4-14,31H2,1-3H3,(H,32,33)/t15-,22+,24-/m1/s1. The average Bonchev–Trinajstić information content (AvgIpc) is 2.91. The zero-order chi connectivity index (χ0) is 28.7. The molecule has 38 heavy (non-hydrogen) atoms. The lowest BCUT2D eigenvalue weighted by Gasteiger charge is -2.30. The summed E-state index contributed by atoms with van der Waals surface area (Å²) < 4.78 is 21.7. The van der Waals surface area contributed by atoms with Crippen molar-refractivity contribution in [3.8, 4) is 5.75 Å². The van der Waals surface area contributed by atoms with Crippen molar-refractivity contribution in [1.82, 2.24) is 5.32 Å². The van der Waals surface area contributed by atoms with Crippen LogP contribution >= 0.6 is 58.0 Å². The second kappa shape index (κ2) is 19.5. The first-order valence-corrected chi connectivity index (χ1v) is 14.3. The van der Waals surface area contributed by atoms with Crippen LogP contribution in [0.3, 0.4) is 0 Å². The van der Waals surface area contributed by atoms with Gasteiger partial charge in [0.25, 0.3) is 0 Å². The number of hydrogen-bond acceptors (Lipinski definition) is 7. The van der Waals surface area contributed by atoms with Crippen LogP contribution in [0.5, 0.6) is 5.75 Å². The molecule has 0 aliphatic heterocycles. The quantitative estimate of drug-likeness (QED) is 0.0586. The highest BCUT2D eigenvalue weighted by molar-refractivity contribution is 6.55. The Kier molecular flexibility index (Phi) is 18.2. The van der Waals surface area contributed by atoms with E-state index in [1.807, 2.05) is 0 Å². The molecule has 0 bridgehead atoms. The Balaban J connectivity index is 2.66. The SMILES string of the molecule is CO[C@@H]([C@@H](CNC(=O)CCCCCCCCCCN)OC)[C@@H](OC)C(=O)Oc1c(Cl)c(Cl)c(Cl)c(Cl)c1Cl. The van der Waals surface area contributed by atoms with Crippen LogP contribution in [0.4, 0.5) is 0 Å². The summed E-state index contributed by atoms with van der Waals surface area (Å²) in [6.45, 7) is 0.834. The Morgan fingerprint density at radius 3 is 1.71 bits per heavy atom. The van der Waals surface area contributed by atoms with Gasteiger partial charge in [0.05, 0.1) is 15.1 Å². The van der Waals surface area contributed by atoms with E-state index in [1.165, 1.54) is 40.6 Å². The number of rotatable bonds is 19. The van der Waals surface area contributed by atoms with Crippen LogP contribution in [-0.2, 0) is 23.8 Å². The molecule has 1 rings (SSSR count). The Labute approximate surface area is 250 Å². The molecule has 0 heterocycles. The van der Waals surface area contributed by atoms with E-state index in [4.69, 9.17) is 82.7 Å². The second-order valence-electron chi connectivity index (χ2n) is 8.62. The summed E-state index contributed by atoms with van der Waals surface area (Å²) in [5.41, 5.74) is 5.50. The van der Waals surface area contributed by atoms with E-state index in [-0.39, 0.29) is 43.3 Å². The molecule has 0 aliphatic carbocycles. The summed E-state index contributed by atoms with van der Waals surface area (Å²) in [6, 6.07) is 0. The number of unbranched alkanes of at least 4 members (excludes halogenated alkanes) is 7. The minimum Gasteiger partial charge on any atom is -0.421 e. The zero-order valence-corrected chi connectivity index (χ0v) is 25.7. The topological polar surface area (TPSA) is 109 Å². The molecule has 0 aromatic heterocycles. The highest BCUT2D eigenvalue weighted by atomic mass is 35.5. The number of benzene rings is 1. The van der Waals surface area contributed by atoms with Gasteiger partial charge in [-0.3, -0.25) is 4.79 Å². The van der Waals surface area contributed by atoms with Gasteiger partial charge in [-0.15, -0.1) is 0 Å². The lowest BCUT2D eigenvalue weighted by molar-refractivity contribution is -0.163. The molecule has 0 spiro atoms. The molecule has 0 radical (unpaired) electrons. The molecule has 1 aromatic carbocycles. The number of carbonyl (C=O) groups excluding carboxylic acids is 2. The minimum atomic E-state index is -1.27. The van der Waals surface area contributed by atoms with Crippen LogP contribution in [-0.4, -0.2) is 64.6 Å². The van der Waals surface area contributed by atoms with Crippen molar-refractivity contribution in [3.05, 3.63) is 25.1 Å². The first kappa shape index (κ1) is 35.5. The Morgan fingerprint density at radius 2 is 1.24 bits per heavy atom. The van der Waals surface area contributed by atoms with Crippen molar-refractivity contribution < 1.29 is 28.5 Å². The summed E-state index contributed by atoms with van der Waals surface area (Å²) in [5, 5.41) is 2.13. The largest absolute Gasteiger partial charge is 0.421 e. The molecule has 218 valence electrons. The third kappa shape index (κ3) is 11.1. The molecule has 0 saturated heterocycles. The molecular weight excluding hydrogens is 602 g/mol. The van der Waals surface area contributed by atoms with E-state index in [1.54, 1.807) is 0 Å². The van der Waals surface area contributed by atoms with Gasteiger partial charge >= 0.3 is 5.97 Å². The minimum absolute atomic E-state index is 0.0743. The Hall–Kier alpha value is -0.550. The summed E-state index contributed by atoms with van der Waals surface area (Å²) in [6.07, 6.45) is 6.12. The van der Waals surface area contributed by atoms with Crippen LogP contribution in [0.1, 0.15) is 57.8 Å². The number of nitrogens with one attached hydrogen (secondary N) is 1. The van der Waals surface area contributed by atoms with Gasteiger partial charge in [-0.05, 0) is 19.4 Å². The van der Waals surface area contributed by atoms with Crippen LogP contribution in [0, 0.1) is 0 Å². The summed E-state index contributed by atoms with van der Waals surface area (Å²) >= 11 is 30.4. The molecule has 0 unspecified atom stereocenters. The van der Waals surface area contributed by atoms with Gasteiger partial charge in [0.2, 0.25) is 5.91 Å². The zero-order valence-electron chi connectivity index (χ0n) is 21.9. The van der Waals surface area contributed by atoms with Crippen LogP contribution in [0.15, 0.2) is 0 Å². The van der Waals surface area contributed by atoms with Crippen molar-refractivity contribution in [2.24, 2.45) is 5.73 Å². The van der Waals surface area contributed by atoms with E-state index >= 15 is 0 Å². The van der Waals surface area contributed by atoms with E-state index in [0.717, 1.165) is 38.6 Å². The third-order valence-corrected chi connectivity index (χ3v) is 8.20. The summed E-state index contributed by atoms with van der Waals surface area (Å²) in [7, 11) is 4.11. The number of esters is 1. The highest BCUT2D eigenvalue weighted by Crippen LogP contribution is 2.48. The molecular formula is C25H37Cl5N2O6. The predicted octanol–water partition coefficient (Wildman–Crippen LogP) is 6.49. The molecule has 3 atom stereocenters. The van der Waals surface area contributed by atoms with Crippen molar-refractivity contribution in [1.29, 1.82) is 0 Å². The molecule has 0 saturated carbocycles. The fraction of sp³-hybridized carbons (Fsp3) is 0.680. The molecule has 1 aromatic rings. The Bertz CT molecular complexity index is 863. The molecule has 0 fully saturated rings. The maximum atomic E-state index is 13.0. The maximum Gasteiger partial charge on any atom is 0.343 e. The summed E-state index contributed by atoms with van der Waals surface area (Å²) in [5.74, 6) is -1.29. The number of amides is 1. The van der Waals surface area contributed by atoms with Crippen LogP contribution in [0.2, 0.25) is 25.1 Å². The molecule has 1 amide bonds. The summed E-state index contributed by atoms with van der Waals surface area (Å²) in [4.78, 5) is 25.4. The first-order chi connectivity index (χ1) is 18.1. The van der Waals surface area contributed by atoms with E-state index in [0.29, 0.717) is 6.42 Å². The second-order valence-corrected chi connectivity index (χ2v) is 10.5. The van der Waals surface area contributed by atoms with Crippen molar-refractivity contribution in [2.45, 2.75) is 76.1 Å². The van der Waals surface area contributed by atoms with Gasteiger partial charge in [0, 0.05) is 34.3 Å². The van der Waals surface area contributed by atoms with Crippen molar-refractivity contribution in [2.75, 3.05) is 34.4 Å². The third-order valence-electron chi connectivity index (χ3n) is 5.96. The van der Waals surface area contributed by atoms with Gasteiger partial charge in [0.1, 0.15) is 22.3 Å². The molecule has 8 nitrogen and oxygen atoms in total. The average molecular weight is 639 g/mol. The number of hydrogen-bond donors (Lipinski definition) is 2. The first-order valence-electron chi connectivity index (χ1n) is 12.4. The predicted molar refractivity (Wildman–Crippen MR) is 153 cm³/mol. The van der Waals surface area contributed by atoms with E-state index in [2.05, 4.69) is 5.32 Å². The smallest absolute Gasteiger partial charge is 0.343 e.